The van der Waals surface area contributed by atoms with Gasteiger partial charge >= 0.3 is 0 Å². The topological polar surface area (TPSA) is 41.1 Å². The fourth-order valence-electron chi connectivity index (χ4n) is 2.21. The van der Waals surface area contributed by atoms with E-state index in [9.17, 15) is 4.79 Å². The Hall–Kier alpha value is -0.570. The fourth-order valence-corrected chi connectivity index (χ4v) is 2.21. The van der Waals surface area contributed by atoms with Gasteiger partial charge in [0.2, 0.25) is 5.91 Å². The third-order valence-electron chi connectivity index (χ3n) is 3.26. The second-order valence-electron chi connectivity index (χ2n) is 4.77. The number of carbonyl (C=O) groups is 1. The van der Waals surface area contributed by atoms with E-state index in [1.807, 2.05) is 0 Å². The Kier molecular flexibility index (Phi) is 7.23. The second-order valence-corrected chi connectivity index (χ2v) is 4.77. The van der Waals surface area contributed by atoms with Gasteiger partial charge in [-0.25, -0.2) is 0 Å². The van der Waals surface area contributed by atoms with Crippen LogP contribution in [-0.4, -0.2) is 25.0 Å². The summed E-state index contributed by atoms with van der Waals surface area (Å²) in [7, 11) is 0. The van der Waals surface area contributed by atoms with Crippen molar-refractivity contribution in [3.63, 3.8) is 0 Å². The minimum Gasteiger partial charge on any atom is -0.355 e. The molecule has 16 heavy (non-hydrogen) atoms. The van der Waals surface area contributed by atoms with Gasteiger partial charge in [0.1, 0.15) is 0 Å². The molecule has 1 fully saturated rings. The third kappa shape index (κ3) is 6.11. The van der Waals surface area contributed by atoms with Crippen molar-refractivity contribution >= 4 is 5.91 Å². The van der Waals surface area contributed by atoms with E-state index in [-0.39, 0.29) is 5.91 Å². The summed E-state index contributed by atoms with van der Waals surface area (Å²) >= 11 is 0. The monoisotopic (exact) mass is 226 g/mol. The zero-order valence-electron chi connectivity index (χ0n) is 10.6. The third-order valence-corrected chi connectivity index (χ3v) is 3.26. The zero-order valence-corrected chi connectivity index (χ0v) is 10.6. The molecule has 0 saturated heterocycles. The van der Waals surface area contributed by atoms with Crippen LogP contribution in [0.15, 0.2) is 0 Å². The number of nitrogens with one attached hydrogen (secondary N) is 2. The summed E-state index contributed by atoms with van der Waals surface area (Å²) in [5, 5.41) is 6.29. The van der Waals surface area contributed by atoms with Gasteiger partial charge in [0.25, 0.3) is 0 Å². The van der Waals surface area contributed by atoms with E-state index in [0.717, 1.165) is 13.0 Å². The van der Waals surface area contributed by atoms with Crippen molar-refractivity contribution in [1.29, 1.82) is 0 Å². The molecule has 1 rings (SSSR count). The van der Waals surface area contributed by atoms with Crippen LogP contribution in [0.25, 0.3) is 0 Å². The predicted octanol–water partition coefficient (Wildman–Crippen LogP) is 2.22. The van der Waals surface area contributed by atoms with Crippen molar-refractivity contribution < 1.29 is 4.79 Å². The van der Waals surface area contributed by atoms with Crippen LogP contribution in [0.5, 0.6) is 0 Å². The van der Waals surface area contributed by atoms with Gasteiger partial charge in [-0.2, -0.15) is 0 Å². The van der Waals surface area contributed by atoms with Crippen LogP contribution in [-0.2, 0) is 4.79 Å². The Morgan fingerprint density at radius 2 is 1.94 bits per heavy atom. The first-order chi connectivity index (χ1) is 7.83. The van der Waals surface area contributed by atoms with Crippen molar-refractivity contribution in [3.05, 3.63) is 0 Å². The molecule has 2 N–H and O–H groups in total. The van der Waals surface area contributed by atoms with Crippen LogP contribution in [0, 0.1) is 0 Å². The maximum atomic E-state index is 11.5. The molecule has 0 aliphatic heterocycles. The first-order valence-electron chi connectivity index (χ1n) is 6.83. The van der Waals surface area contributed by atoms with Crippen LogP contribution in [0.2, 0.25) is 0 Å². The molecule has 0 heterocycles. The normalized spacial score (nSPS) is 16.6. The fraction of sp³-hybridized carbons (Fsp3) is 0.923. The van der Waals surface area contributed by atoms with Crippen LogP contribution in [0.4, 0.5) is 0 Å². The minimum absolute atomic E-state index is 0.156. The molecule has 3 heteroatoms. The smallest absolute Gasteiger partial charge is 0.233 e. The van der Waals surface area contributed by atoms with E-state index >= 15 is 0 Å². The number of amides is 1. The quantitative estimate of drug-likeness (QED) is 0.623. The van der Waals surface area contributed by atoms with E-state index in [1.165, 1.54) is 44.9 Å². The summed E-state index contributed by atoms with van der Waals surface area (Å²) in [5.74, 6) is 0.156. The Bertz CT molecular complexity index is 188. The van der Waals surface area contributed by atoms with Crippen molar-refractivity contribution in [3.8, 4) is 0 Å². The maximum Gasteiger partial charge on any atom is 0.233 e. The molecule has 0 aromatic heterocycles. The van der Waals surface area contributed by atoms with Crippen molar-refractivity contribution in [2.75, 3.05) is 13.1 Å². The minimum atomic E-state index is 0.156. The maximum absolute atomic E-state index is 11.5. The highest BCUT2D eigenvalue weighted by molar-refractivity contribution is 5.77. The van der Waals surface area contributed by atoms with E-state index in [1.54, 1.807) is 0 Å². The van der Waals surface area contributed by atoms with Gasteiger partial charge < -0.3 is 10.6 Å². The van der Waals surface area contributed by atoms with Gasteiger partial charge in [-0.3, -0.25) is 4.79 Å². The van der Waals surface area contributed by atoms with Crippen molar-refractivity contribution in [2.24, 2.45) is 0 Å². The second kappa shape index (κ2) is 8.57. The summed E-state index contributed by atoms with van der Waals surface area (Å²) in [6, 6.07) is 0.589. The predicted molar refractivity (Wildman–Crippen MR) is 67.4 cm³/mol. The molecule has 1 saturated carbocycles. The lowest BCUT2D eigenvalue weighted by molar-refractivity contribution is -0.120. The molecular formula is C13H26N2O. The van der Waals surface area contributed by atoms with Gasteiger partial charge in [0.15, 0.2) is 0 Å². The number of hydrogen-bond acceptors (Lipinski definition) is 2. The van der Waals surface area contributed by atoms with Crippen LogP contribution >= 0.6 is 0 Å². The van der Waals surface area contributed by atoms with Crippen LogP contribution in [0.3, 0.4) is 0 Å². The van der Waals surface area contributed by atoms with E-state index in [0.29, 0.717) is 12.6 Å². The highest BCUT2D eigenvalue weighted by Gasteiger charge is 2.14. The lowest BCUT2D eigenvalue weighted by Crippen LogP contribution is -2.38. The molecule has 0 radical (unpaired) electrons. The lowest BCUT2D eigenvalue weighted by Gasteiger charge is -2.11. The Morgan fingerprint density at radius 1 is 1.19 bits per heavy atom. The Morgan fingerprint density at radius 3 is 2.62 bits per heavy atom. The summed E-state index contributed by atoms with van der Waals surface area (Å²) in [6.45, 7) is 3.54. The number of unbranched alkanes of at least 4 members (excludes halogenated alkanes) is 3. The molecule has 0 aromatic rings. The van der Waals surface area contributed by atoms with Gasteiger partial charge in [-0.1, -0.05) is 39.0 Å². The Balaban J connectivity index is 1.90. The highest BCUT2D eigenvalue weighted by atomic mass is 16.1. The number of carbonyl (C=O) groups excluding carboxylic acids is 1. The summed E-state index contributed by atoms with van der Waals surface area (Å²) in [5.41, 5.74) is 0. The van der Waals surface area contributed by atoms with Crippen LogP contribution in [0.1, 0.15) is 58.3 Å². The van der Waals surface area contributed by atoms with Gasteiger partial charge in [0, 0.05) is 12.6 Å². The molecule has 1 aliphatic rings. The van der Waals surface area contributed by atoms with Gasteiger partial charge in [-0.05, 0) is 19.3 Å². The molecule has 94 valence electrons. The Labute approximate surface area is 99.4 Å². The molecule has 1 aliphatic carbocycles. The average molecular weight is 226 g/mol. The van der Waals surface area contributed by atoms with E-state index < -0.39 is 0 Å². The molecule has 0 bridgehead atoms. The van der Waals surface area contributed by atoms with E-state index in [2.05, 4.69) is 17.6 Å². The highest BCUT2D eigenvalue weighted by Crippen LogP contribution is 2.17. The van der Waals surface area contributed by atoms with Crippen LogP contribution < -0.4 is 10.6 Å². The summed E-state index contributed by atoms with van der Waals surface area (Å²) in [6.07, 6.45) is 9.98. The average Bonchev–Trinajstić information content (AvgIpc) is 2.79. The van der Waals surface area contributed by atoms with Gasteiger partial charge in [-0.15, -0.1) is 0 Å². The number of hydrogen-bond donors (Lipinski definition) is 2. The number of rotatable bonds is 8. The molecule has 0 atom stereocenters. The molecule has 0 spiro atoms. The van der Waals surface area contributed by atoms with E-state index in [4.69, 9.17) is 0 Å². The van der Waals surface area contributed by atoms with Gasteiger partial charge in [0.05, 0.1) is 6.54 Å². The largest absolute Gasteiger partial charge is 0.355 e. The zero-order chi connectivity index (χ0) is 11.6. The summed E-state index contributed by atoms with van der Waals surface area (Å²) < 4.78 is 0. The molecule has 1 amide bonds. The molecule has 3 nitrogen and oxygen atoms in total. The standard InChI is InChI=1S/C13H26N2O/c1-2-3-4-7-10-14-13(16)11-15-12-8-5-6-9-12/h12,15H,2-11H2,1H3,(H,14,16). The lowest BCUT2D eigenvalue weighted by atomic mass is 10.2. The first kappa shape index (κ1) is 13.5. The SMILES string of the molecule is CCCCCCNC(=O)CNC1CCCC1. The van der Waals surface area contributed by atoms with Crippen molar-refractivity contribution in [1.82, 2.24) is 10.6 Å². The molecule has 0 aromatic carbocycles. The van der Waals surface area contributed by atoms with Crippen molar-refractivity contribution in [2.45, 2.75) is 64.3 Å². The molecular weight excluding hydrogens is 200 g/mol. The first-order valence-corrected chi connectivity index (χ1v) is 6.83. The molecule has 0 unspecified atom stereocenters. The summed E-state index contributed by atoms with van der Waals surface area (Å²) in [4.78, 5) is 11.5.